The van der Waals surface area contributed by atoms with E-state index in [9.17, 15) is 14.7 Å². The molecule has 30 heavy (non-hydrogen) atoms. The molecule has 3 aliphatic carbocycles. The van der Waals surface area contributed by atoms with Gasteiger partial charge in [0.25, 0.3) is 0 Å². The van der Waals surface area contributed by atoms with Gasteiger partial charge in [0.05, 0.1) is 12.5 Å². The summed E-state index contributed by atoms with van der Waals surface area (Å²) in [5.74, 6) is 0.997. The normalized spacial score (nSPS) is 42.0. The van der Waals surface area contributed by atoms with Gasteiger partial charge in [-0.1, -0.05) is 44.6 Å². The highest BCUT2D eigenvalue weighted by Gasteiger charge is 2.48. The number of aliphatic hydroxyl groups excluding tert-OH is 1. The van der Waals surface area contributed by atoms with E-state index in [0.29, 0.717) is 30.6 Å². The molecule has 0 aromatic rings. The minimum Gasteiger partial charge on any atom is -0.458 e. The molecule has 8 atom stereocenters. The van der Waals surface area contributed by atoms with Gasteiger partial charge in [-0.15, -0.1) is 0 Å². The first-order chi connectivity index (χ1) is 14.5. The fourth-order valence-corrected chi connectivity index (χ4v) is 6.20. The van der Waals surface area contributed by atoms with Crippen molar-refractivity contribution in [2.24, 2.45) is 35.5 Å². The lowest BCUT2D eigenvalue weighted by Crippen LogP contribution is -2.33. The standard InChI is InChI=1S/C26H36O4/c1-3-4-8-18-9-6-11-24(27)16(2)26(29)23-14-21-19-10-5-7-17(19)12-13-20(21)22(23)15-25(28)30-18/h4,8,12-14,16-22,24,27H,3,5-7,9-11,15H2,1-2H3/b8-4+/t16-,17?,18+,19?,20?,21?,22?,24?/m1/s1. The van der Waals surface area contributed by atoms with Crippen LogP contribution in [-0.4, -0.2) is 29.1 Å². The summed E-state index contributed by atoms with van der Waals surface area (Å²) in [7, 11) is 0. The lowest BCUT2D eigenvalue weighted by atomic mass is 9.70. The number of cyclic esters (lactones) is 1. The molecule has 2 fully saturated rings. The largest absolute Gasteiger partial charge is 0.458 e. The molecular weight excluding hydrogens is 376 g/mol. The predicted octanol–water partition coefficient (Wildman–Crippen LogP) is 4.78. The van der Waals surface area contributed by atoms with Crippen LogP contribution < -0.4 is 0 Å². The van der Waals surface area contributed by atoms with Crippen LogP contribution in [0.5, 0.6) is 0 Å². The van der Waals surface area contributed by atoms with Crippen LogP contribution in [0.25, 0.3) is 0 Å². The lowest BCUT2D eigenvalue weighted by Gasteiger charge is -2.34. The fraction of sp³-hybridized carbons (Fsp3) is 0.692. The monoisotopic (exact) mass is 412 g/mol. The first-order valence-electron chi connectivity index (χ1n) is 12.0. The Morgan fingerprint density at radius 2 is 1.90 bits per heavy atom. The summed E-state index contributed by atoms with van der Waals surface area (Å²) >= 11 is 0. The van der Waals surface area contributed by atoms with Crippen molar-refractivity contribution in [3.8, 4) is 0 Å². The van der Waals surface area contributed by atoms with Gasteiger partial charge >= 0.3 is 5.97 Å². The Labute approximate surface area is 180 Å². The van der Waals surface area contributed by atoms with Crippen LogP contribution in [0.2, 0.25) is 0 Å². The Morgan fingerprint density at radius 1 is 1.10 bits per heavy atom. The van der Waals surface area contributed by atoms with E-state index in [-0.39, 0.29) is 36.1 Å². The van der Waals surface area contributed by atoms with Gasteiger partial charge in [0, 0.05) is 11.8 Å². The van der Waals surface area contributed by atoms with E-state index in [4.69, 9.17) is 4.74 Å². The van der Waals surface area contributed by atoms with E-state index in [0.717, 1.165) is 18.4 Å². The fourth-order valence-electron chi connectivity index (χ4n) is 6.20. The first kappa shape index (κ1) is 21.5. The molecule has 1 aliphatic heterocycles. The molecule has 0 amide bonds. The average Bonchev–Trinajstić information content (AvgIpc) is 3.34. The molecule has 4 heteroatoms. The topological polar surface area (TPSA) is 63.6 Å². The van der Waals surface area contributed by atoms with Crippen LogP contribution in [0.4, 0.5) is 0 Å². The van der Waals surface area contributed by atoms with Crippen LogP contribution in [0.1, 0.15) is 65.2 Å². The average molecular weight is 413 g/mol. The van der Waals surface area contributed by atoms with Gasteiger partial charge in [0.1, 0.15) is 6.10 Å². The van der Waals surface area contributed by atoms with Crippen molar-refractivity contribution in [1.82, 2.24) is 0 Å². The Morgan fingerprint density at radius 3 is 2.70 bits per heavy atom. The Kier molecular flexibility index (Phi) is 6.62. The number of fused-ring (bicyclic) bond motifs is 5. The summed E-state index contributed by atoms with van der Waals surface area (Å²) in [6.07, 6.45) is 16.7. The van der Waals surface area contributed by atoms with Crippen LogP contribution in [0, 0.1) is 35.5 Å². The molecule has 0 spiro atoms. The SMILES string of the molecule is CC/C=C/[C@H]1CCCC(O)[C@@H](C)C(=O)C2=CC3C(C=CC4CCCC43)C2CC(=O)O1. The second-order valence-corrected chi connectivity index (χ2v) is 9.75. The van der Waals surface area contributed by atoms with E-state index in [2.05, 4.69) is 25.2 Å². The number of rotatable bonds is 2. The highest BCUT2D eigenvalue weighted by Crippen LogP contribution is 2.53. The number of allylic oxidation sites excluding steroid dienone is 5. The van der Waals surface area contributed by atoms with Gasteiger partial charge in [-0.2, -0.15) is 0 Å². The Balaban J connectivity index is 1.63. The number of hydrogen-bond acceptors (Lipinski definition) is 4. The Hall–Kier alpha value is -1.68. The van der Waals surface area contributed by atoms with Crippen LogP contribution >= 0.6 is 0 Å². The number of ether oxygens (including phenoxy) is 1. The number of aliphatic hydroxyl groups is 1. The summed E-state index contributed by atoms with van der Waals surface area (Å²) in [6.45, 7) is 3.91. The Bertz CT molecular complexity index is 748. The number of ketones is 1. The quantitative estimate of drug-likeness (QED) is 0.524. The maximum Gasteiger partial charge on any atom is 0.307 e. The van der Waals surface area contributed by atoms with Crippen LogP contribution in [-0.2, 0) is 14.3 Å². The molecule has 0 aromatic carbocycles. The first-order valence-corrected chi connectivity index (χ1v) is 12.0. The maximum absolute atomic E-state index is 13.4. The number of hydrogen-bond donors (Lipinski definition) is 1. The number of carbonyl (C=O) groups is 2. The van der Waals surface area contributed by atoms with Gasteiger partial charge in [-0.05, 0) is 73.8 Å². The van der Waals surface area contributed by atoms with Crippen molar-refractivity contribution in [3.63, 3.8) is 0 Å². The zero-order chi connectivity index (χ0) is 21.3. The molecule has 1 saturated carbocycles. The molecule has 4 nitrogen and oxygen atoms in total. The highest BCUT2D eigenvalue weighted by molar-refractivity contribution is 5.99. The molecular formula is C26H36O4. The zero-order valence-electron chi connectivity index (χ0n) is 18.3. The summed E-state index contributed by atoms with van der Waals surface area (Å²) < 4.78 is 5.83. The molecule has 1 heterocycles. The highest BCUT2D eigenvalue weighted by atomic mass is 16.5. The smallest absolute Gasteiger partial charge is 0.307 e. The van der Waals surface area contributed by atoms with Gasteiger partial charge in [-0.3, -0.25) is 9.59 Å². The van der Waals surface area contributed by atoms with Crippen LogP contribution in [0.3, 0.4) is 0 Å². The van der Waals surface area contributed by atoms with Gasteiger partial charge in [0.2, 0.25) is 0 Å². The number of esters is 1. The molecule has 0 bridgehead atoms. The molecule has 0 radical (unpaired) electrons. The van der Waals surface area contributed by atoms with E-state index < -0.39 is 12.0 Å². The maximum atomic E-state index is 13.4. The number of Topliss-reactive ketones (excluding diaryl/α,β-unsaturated/α-hetero) is 1. The second-order valence-electron chi connectivity index (χ2n) is 9.75. The minimum atomic E-state index is -0.651. The van der Waals surface area contributed by atoms with Gasteiger partial charge in [0.15, 0.2) is 5.78 Å². The summed E-state index contributed by atoms with van der Waals surface area (Å²) in [5, 5.41) is 10.7. The van der Waals surface area contributed by atoms with E-state index in [1.165, 1.54) is 19.3 Å². The lowest BCUT2D eigenvalue weighted by molar-refractivity contribution is -0.148. The molecule has 4 aliphatic rings. The molecule has 1 N–H and O–H groups in total. The van der Waals surface area contributed by atoms with E-state index in [1.54, 1.807) is 0 Å². The van der Waals surface area contributed by atoms with Crippen LogP contribution in [0.15, 0.2) is 36.0 Å². The van der Waals surface area contributed by atoms with E-state index in [1.807, 2.05) is 19.1 Å². The molecule has 164 valence electrons. The molecule has 6 unspecified atom stereocenters. The second kappa shape index (κ2) is 9.21. The van der Waals surface area contributed by atoms with Crippen molar-refractivity contribution in [2.75, 3.05) is 0 Å². The summed E-state index contributed by atoms with van der Waals surface area (Å²) in [6, 6.07) is 0. The summed E-state index contributed by atoms with van der Waals surface area (Å²) in [5.41, 5.74) is 0.770. The third-order valence-electron chi connectivity index (χ3n) is 7.90. The van der Waals surface area contributed by atoms with E-state index >= 15 is 0 Å². The van der Waals surface area contributed by atoms with Crippen molar-refractivity contribution >= 4 is 11.8 Å². The van der Waals surface area contributed by atoms with Crippen molar-refractivity contribution in [2.45, 2.75) is 77.4 Å². The predicted molar refractivity (Wildman–Crippen MR) is 116 cm³/mol. The molecule has 1 saturated heterocycles. The number of carbonyl (C=O) groups excluding carboxylic acids is 2. The summed E-state index contributed by atoms with van der Waals surface area (Å²) in [4.78, 5) is 26.3. The van der Waals surface area contributed by atoms with Gasteiger partial charge < -0.3 is 9.84 Å². The van der Waals surface area contributed by atoms with Crippen molar-refractivity contribution < 1.29 is 19.4 Å². The third kappa shape index (κ3) is 4.21. The third-order valence-corrected chi connectivity index (χ3v) is 7.90. The van der Waals surface area contributed by atoms with Crippen molar-refractivity contribution in [3.05, 3.63) is 36.0 Å². The molecule has 4 rings (SSSR count). The van der Waals surface area contributed by atoms with Crippen molar-refractivity contribution in [1.29, 1.82) is 0 Å². The zero-order valence-corrected chi connectivity index (χ0v) is 18.3. The van der Waals surface area contributed by atoms with Gasteiger partial charge in [-0.25, -0.2) is 0 Å². The minimum absolute atomic E-state index is 0.0284. The molecule has 0 aromatic heterocycles.